The van der Waals surface area contributed by atoms with Gasteiger partial charge in [0.05, 0.1) is 19.6 Å². The van der Waals surface area contributed by atoms with Gasteiger partial charge in [-0.3, -0.25) is 14.5 Å². The number of carboxylic acids is 1. The summed E-state index contributed by atoms with van der Waals surface area (Å²) in [6.45, 7) is 6.78. The second-order valence-electron chi connectivity index (χ2n) is 11.0. The number of hydrogen-bond acceptors (Lipinski definition) is 6. The first-order chi connectivity index (χ1) is 19.2. The third-order valence-corrected chi connectivity index (χ3v) is 8.24. The summed E-state index contributed by atoms with van der Waals surface area (Å²) in [5, 5.41) is 10.6. The van der Waals surface area contributed by atoms with E-state index in [0.29, 0.717) is 23.8 Å². The Labute approximate surface area is 235 Å². The highest BCUT2D eigenvalue weighted by Crippen LogP contribution is 2.48. The molecule has 1 N–H and O–H groups in total. The minimum atomic E-state index is -0.910. The maximum Gasteiger partial charge on any atom is 0.309 e. The Morgan fingerprint density at radius 2 is 1.68 bits per heavy atom. The van der Waals surface area contributed by atoms with E-state index in [1.165, 1.54) is 0 Å². The van der Waals surface area contributed by atoms with Crippen molar-refractivity contribution < 1.29 is 28.9 Å². The highest BCUT2D eigenvalue weighted by Gasteiger charge is 2.48. The Balaban J connectivity index is 1.54. The molecule has 2 aliphatic heterocycles. The fourth-order valence-electron chi connectivity index (χ4n) is 5.88. The number of methoxy groups -OCH3 is 1. The molecule has 3 atom stereocenters. The predicted molar refractivity (Wildman–Crippen MR) is 152 cm³/mol. The number of carbonyl (C=O) groups is 2. The summed E-state index contributed by atoms with van der Waals surface area (Å²) in [4.78, 5) is 30.9. The average Bonchev–Trinajstić information content (AvgIpc) is 3.58. The van der Waals surface area contributed by atoms with E-state index in [1.807, 2.05) is 82.6 Å². The van der Waals surface area contributed by atoms with Crippen LogP contribution in [0.3, 0.4) is 0 Å². The van der Waals surface area contributed by atoms with Gasteiger partial charge in [0.1, 0.15) is 5.75 Å². The summed E-state index contributed by atoms with van der Waals surface area (Å²) in [6, 6.07) is 22.2. The summed E-state index contributed by atoms with van der Waals surface area (Å²) in [6.07, 6.45) is 0.757. The quantitative estimate of drug-likeness (QED) is 0.381. The zero-order valence-corrected chi connectivity index (χ0v) is 23.4. The second-order valence-corrected chi connectivity index (χ2v) is 11.0. The van der Waals surface area contributed by atoms with Crippen LogP contribution >= 0.6 is 0 Å². The van der Waals surface area contributed by atoms with Gasteiger partial charge in [0, 0.05) is 29.7 Å². The van der Waals surface area contributed by atoms with Gasteiger partial charge in [-0.25, -0.2) is 0 Å². The average molecular weight is 545 g/mol. The molecule has 2 heterocycles. The molecule has 1 saturated heterocycles. The van der Waals surface area contributed by atoms with E-state index in [4.69, 9.17) is 14.2 Å². The van der Waals surface area contributed by atoms with E-state index in [0.717, 1.165) is 23.2 Å². The third-order valence-electron chi connectivity index (χ3n) is 8.24. The lowest BCUT2D eigenvalue weighted by atomic mass is 9.82. The van der Waals surface area contributed by atoms with Crippen LogP contribution in [0.4, 0.5) is 5.69 Å². The molecule has 3 aromatic rings. The van der Waals surface area contributed by atoms with Gasteiger partial charge in [0.25, 0.3) is 0 Å². The molecule has 3 aromatic carbocycles. The molecule has 0 aliphatic carbocycles. The van der Waals surface area contributed by atoms with Crippen molar-refractivity contribution in [2.24, 2.45) is 5.92 Å². The number of rotatable bonds is 9. The fourth-order valence-corrected chi connectivity index (χ4v) is 5.88. The van der Waals surface area contributed by atoms with Crippen LogP contribution in [0.1, 0.15) is 50.3 Å². The van der Waals surface area contributed by atoms with Crippen molar-refractivity contribution in [2.75, 3.05) is 31.9 Å². The van der Waals surface area contributed by atoms with Crippen LogP contribution in [-0.2, 0) is 9.59 Å². The van der Waals surface area contributed by atoms with Crippen LogP contribution in [0.5, 0.6) is 17.2 Å². The summed E-state index contributed by atoms with van der Waals surface area (Å²) >= 11 is 0. The van der Waals surface area contributed by atoms with Crippen molar-refractivity contribution in [3.05, 3.63) is 83.9 Å². The number of benzene rings is 3. The highest BCUT2D eigenvalue weighted by molar-refractivity contribution is 5.96. The summed E-state index contributed by atoms with van der Waals surface area (Å²) in [5.41, 5.74) is 2.06. The smallest absolute Gasteiger partial charge is 0.309 e. The minimum Gasteiger partial charge on any atom is -0.497 e. The molecule has 5 rings (SSSR count). The molecule has 0 aromatic heterocycles. The van der Waals surface area contributed by atoms with Gasteiger partial charge in [0.2, 0.25) is 12.7 Å². The molecule has 1 fully saturated rings. The van der Waals surface area contributed by atoms with Gasteiger partial charge >= 0.3 is 5.97 Å². The summed E-state index contributed by atoms with van der Waals surface area (Å²) < 4.78 is 16.4. The molecule has 0 radical (unpaired) electrons. The molecular formula is C32H36N2O6. The number of likely N-dealkylation sites (tertiary alicyclic amines) is 1. The number of nitrogens with zero attached hydrogens (tertiary/aromatic N) is 2. The number of hydrogen-bond donors (Lipinski definition) is 1. The number of amides is 1. The molecule has 8 heteroatoms. The zero-order chi connectivity index (χ0) is 28.4. The molecule has 210 valence electrons. The second kappa shape index (κ2) is 11.2. The van der Waals surface area contributed by atoms with Crippen molar-refractivity contribution >= 4 is 17.6 Å². The van der Waals surface area contributed by atoms with Crippen LogP contribution in [0.15, 0.2) is 72.8 Å². The number of para-hydroxylation sites is 1. The SMILES string of the molecule is CCC(C)(C)N(C(=O)CN1C[C@H](c2ccc3c(c2)OCO3)[C@H](C(=O)O)[C@H]1c1ccc(OC)cc1)c1ccccc1. The van der Waals surface area contributed by atoms with Crippen LogP contribution in [0.2, 0.25) is 0 Å². The van der Waals surface area contributed by atoms with Gasteiger partial charge in [0.15, 0.2) is 11.5 Å². The predicted octanol–water partition coefficient (Wildman–Crippen LogP) is 5.49. The van der Waals surface area contributed by atoms with Crippen molar-refractivity contribution in [2.45, 2.75) is 44.7 Å². The molecule has 0 saturated carbocycles. The maximum absolute atomic E-state index is 14.1. The molecule has 40 heavy (non-hydrogen) atoms. The molecule has 0 unspecified atom stereocenters. The first kappa shape index (κ1) is 27.5. The van der Waals surface area contributed by atoms with Gasteiger partial charge in [-0.1, -0.05) is 43.3 Å². The van der Waals surface area contributed by atoms with Gasteiger partial charge in [-0.05, 0) is 67.8 Å². The lowest BCUT2D eigenvalue weighted by molar-refractivity contribution is -0.143. The Kier molecular flexibility index (Phi) is 7.72. The monoisotopic (exact) mass is 544 g/mol. The van der Waals surface area contributed by atoms with Crippen LogP contribution < -0.4 is 19.1 Å². The molecule has 8 nitrogen and oxygen atoms in total. The van der Waals surface area contributed by atoms with Crippen molar-refractivity contribution in [1.29, 1.82) is 0 Å². The largest absolute Gasteiger partial charge is 0.497 e. The molecule has 0 spiro atoms. The fraction of sp³-hybridized carbons (Fsp3) is 0.375. The Bertz CT molecular complexity index is 1360. The minimum absolute atomic E-state index is 0.0693. The van der Waals surface area contributed by atoms with E-state index >= 15 is 0 Å². The van der Waals surface area contributed by atoms with Crippen LogP contribution in [-0.4, -0.2) is 54.4 Å². The van der Waals surface area contributed by atoms with Crippen molar-refractivity contribution in [1.82, 2.24) is 4.90 Å². The third kappa shape index (κ3) is 5.23. The number of ether oxygens (including phenoxy) is 3. The van der Waals surface area contributed by atoms with E-state index in [9.17, 15) is 14.7 Å². The van der Waals surface area contributed by atoms with Gasteiger partial charge in [-0.2, -0.15) is 0 Å². The molecule has 0 bridgehead atoms. The zero-order valence-electron chi connectivity index (χ0n) is 23.4. The van der Waals surface area contributed by atoms with Crippen LogP contribution in [0.25, 0.3) is 0 Å². The number of carboxylic acid groups (broad SMARTS) is 1. The summed E-state index contributed by atoms with van der Waals surface area (Å²) in [7, 11) is 1.60. The Morgan fingerprint density at radius 1 is 1.00 bits per heavy atom. The van der Waals surface area contributed by atoms with E-state index < -0.39 is 23.5 Å². The van der Waals surface area contributed by atoms with Gasteiger partial charge in [-0.15, -0.1) is 0 Å². The lowest BCUT2D eigenvalue weighted by Crippen LogP contribution is -2.51. The topological polar surface area (TPSA) is 88.5 Å². The number of fused-ring (bicyclic) bond motifs is 1. The van der Waals surface area contributed by atoms with E-state index in [1.54, 1.807) is 7.11 Å². The van der Waals surface area contributed by atoms with E-state index in [-0.39, 0.29) is 25.2 Å². The van der Waals surface area contributed by atoms with Gasteiger partial charge < -0.3 is 24.2 Å². The number of carbonyl (C=O) groups excluding carboxylic acids is 1. The Hall–Kier alpha value is -4.04. The lowest BCUT2D eigenvalue weighted by Gasteiger charge is -2.39. The standard InChI is InChI=1S/C32H36N2O6/c1-5-32(2,3)34(23-9-7-6-8-10-23)28(35)19-33-18-25(22-13-16-26-27(17-22)40-20-39-26)29(31(36)37)30(33)21-11-14-24(38-4)15-12-21/h6-17,25,29-30H,5,18-20H2,1-4H3,(H,36,37)/t25-,29+,30-/m1/s1. The first-order valence-corrected chi connectivity index (χ1v) is 13.6. The Morgan fingerprint density at radius 3 is 2.33 bits per heavy atom. The van der Waals surface area contributed by atoms with E-state index in [2.05, 4.69) is 20.8 Å². The van der Waals surface area contributed by atoms with Crippen LogP contribution in [0, 0.1) is 5.92 Å². The number of aliphatic carboxylic acids is 1. The summed E-state index contributed by atoms with van der Waals surface area (Å²) in [5.74, 6) is -0.199. The highest BCUT2D eigenvalue weighted by atomic mass is 16.7. The van der Waals surface area contributed by atoms with Crippen molar-refractivity contribution in [3.8, 4) is 17.2 Å². The number of anilines is 1. The molecule has 2 aliphatic rings. The maximum atomic E-state index is 14.1. The molecular weight excluding hydrogens is 508 g/mol. The normalized spacial score (nSPS) is 20.4. The van der Waals surface area contributed by atoms with Crippen molar-refractivity contribution in [3.63, 3.8) is 0 Å². The first-order valence-electron chi connectivity index (χ1n) is 13.6. The molecule has 1 amide bonds.